The first-order valence-electron chi connectivity index (χ1n) is 8.61. The van der Waals surface area contributed by atoms with E-state index >= 15 is 0 Å². The highest BCUT2D eigenvalue weighted by molar-refractivity contribution is 5.97. The van der Waals surface area contributed by atoms with Gasteiger partial charge in [0.2, 0.25) is 5.91 Å². The summed E-state index contributed by atoms with van der Waals surface area (Å²) >= 11 is 0. The molecule has 4 heterocycles. The van der Waals surface area contributed by atoms with Crippen LogP contribution in [0.1, 0.15) is 28.8 Å². The van der Waals surface area contributed by atoms with E-state index in [1.54, 1.807) is 23.2 Å². The van der Waals surface area contributed by atoms with Crippen LogP contribution < -0.4 is 5.32 Å². The van der Waals surface area contributed by atoms with Gasteiger partial charge in [-0.3, -0.25) is 19.3 Å². The molecule has 3 aromatic heterocycles. The minimum Gasteiger partial charge on any atom is -0.313 e. The van der Waals surface area contributed by atoms with Crippen LogP contribution in [-0.4, -0.2) is 33.5 Å². The van der Waals surface area contributed by atoms with Crippen molar-refractivity contribution in [1.29, 1.82) is 0 Å². The number of carbonyl (C=O) groups is 1. The van der Waals surface area contributed by atoms with Crippen molar-refractivity contribution in [2.75, 3.05) is 13.1 Å². The van der Waals surface area contributed by atoms with Crippen LogP contribution in [-0.2, 0) is 6.42 Å². The summed E-state index contributed by atoms with van der Waals surface area (Å²) in [6.45, 7) is 1.83. The van der Waals surface area contributed by atoms with Crippen molar-refractivity contribution >= 4 is 22.5 Å². The average Bonchev–Trinajstić information content (AvgIpc) is 3.07. The predicted molar refractivity (Wildman–Crippen MR) is 98.4 cm³/mol. The summed E-state index contributed by atoms with van der Waals surface area (Å²) in [7, 11) is 0. The standard InChI is InChI=1S/C20H20N4O/c25-19(4-3-15-5-10-21-11-6-15)24-14-17(16-7-12-22-13-8-16)20-18(24)2-1-9-23-20/h1-2,5-7,9-11,14,22H,3-4,8,12-13H2. The molecule has 1 aliphatic rings. The number of nitrogens with one attached hydrogen (secondary N) is 1. The van der Waals surface area contributed by atoms with Crippen molar-refractivity contribution in [3.05, 3.63) is 66.3 Å². The molecule has 126 valence electrons. The summed E-state index contributed by atoms with van der Waals surface area (Å²) in [5, 5.41) is 3.32. The minimum atomic E-state index is 0.0931. The molecule has 0 bridgehead atoms. The second-order valence-corrected chi connectivity index (χ2v) is 6.22. The van der Waals surface area contributed by atoms with Gasteiger partial charge in [-0.2, -0.15) is 0 Å². The Hall–Kier alpha value is -2.79. The molecule has 4 rings (SSSR count). The number of aryl methyl sites for hydroxylation is 1. The van der Waals surface area contributed by atoms with Gasteiger partial charge in [0.25, 0.3) is 0 Å². The molecule has 0 radical (unpaired) electrons. The van der Waals surface area contributed by atoms with E-state index in [0.29, 0.717) is 12.8 Å². The van der Waals surface area contributed by atoms with Crippen molar-refractivity contribution in [2.45, 2.75) is 19.3 Å². The Bertz CT molecular complexity index is 927. The van der Waals surface area contributed by atoms with Crippen LogP contribution >= 0.6 is 0 Å². The van der Waals surface area contributed by atoms with E-state index < -0.39 is 0 Å². The van der Waals surface area contributed by atoms with Crippen molar-refractivity contribution in [1.82, 2.24) is 19.9 Å². The van der Waals surface area contributed by atoms with Crippen molar-refractivity contribution in [2.24, 2.45) is 0 Å². The molecule has 5 nitrogen and oxygen atoms in total. The van der Waals surface area contributed by atoms with Crippen LogP contribution in [0.4, 0.5) is 0 Å². The Morgan fingerprint density at radius 3 is 2.88 bits per heavy atom. The van der Waals surface area contributed by atoms with Crippen molar-refractivity contribution in [3.63, 3.8) is 0 Å². The lowest BCUT2D eigenvalue weighted by atomic mass is 10.0. The fourth-order valence-corrected chi connectivity index (χ4v) is 3.29. The van der Waals surface area contributed by atoms with Gasteiger partial charge in [0.1, 0.15) is 0 Å². The van der Waals surface area contributed by atoms with Crippen LogP contribution in [0.25, 0.3) is 16.6 Å². The molecule has 0 amide bonds. The van der Waals surface area contributed by atoms with E-state index in [9.17, 15) is 4.79 Å². The first-order valence-corrected chi connectivity index (χ1v) is 8.61. The van der Waals surface area contributed by atoms with Gasteiger partial charge in [0.15, 0.2) is 0 Å². The number of nitrogens with zero attached hydrogens (tertiary/aromatic N) is 3. The van der Waals surface area contributed by atoms with Crippen LogP contribution in [0.15, 0.2) is 55.1 Å². The molecule has 1 aliphatic heterocycles. The van der Waals surface area contributed by atoms with Gasteiger partial charge >= 0.3 is 0 Å². The van der Waals surface area contributed by atoms with E-state index in [-0.39, 0.29) is 5.91 Å². The normalized spacial score (nSPS) is 14.5. The summed E-state index contributed by atoms with van der Waals surface area (Å²) < 4.78 is 1.77. The van der Waals surface area contributed by atoms with Crippen molar-refractivity contribution in [3.8, 4) is 0 Å². The third kappa shape index (κ3) is 3.23. The zero-order valence-electron chi connectivity index (χ0n) is 14.0. The molecule has 0 spiro atoms. The molecule has 3 aromatic rings. The van der Waals surface area contributed by atoms with Gasteiger partial charge in [-0.15, -0.1) is 0 Å². The zero-order valence-corrected chi connectivity index (χ0v) is 14.0. The van der Waals surface area contributed by atoms with Gasteiger partial charge < -0.3 is 5.32 Å². The smallest absolute Gasteiger partial charge is 0.231 e. The highest BCUT2D eigenvalue weighted by atomic mass is 16.2. The molecule has 1 N–H and O–H groups in total. The summed E-state index contributed by atoms with van der Waals surface area (Å²) in [5.74, 6) is 0.0931. The molecule has 0 atom stereocenters. The lowest BCUT2D eigenvalue weighted by Gasteiger charge is -2.12. The van der Waals surface area contributed by atoms with E-state index in [2.05, 4.69) is 21.4 Å². The Kier molecular flexibility index (Phi) is 4.39. The second-order valence-electron chi connectivity index (χ2n) is 6.22. The largest absolute Gasteiger partial charge is 0.313 e. The van der Waals surface area contributed by atoms with Gasteiger partial charge in [-0.05, 0) is 54.8 Å². The molecule has 0 fully saturated rings. The highest BCUT2D eigenvalue weighted by Crippen LogP contribution is 2.28. The number of hydrogen-bond acceptors (Lipinski definition) is 4. The molecule has 0 aliphatic carbocycles. The van der Waals surface area contributed by atoms with Gasteiger partial charge in [0.05, 0.1) is 11.0 Å². The third-order valence-corrected chi connectivity index (χ3v) is 4.61. The summed E-state index contributed by atoms with van der Waals surface area (Å²) in [4.78, 5) is 21.4. The summed E-state index contributed by atoms with van der Waals surface area (Å²) in [6, 6.07) is 7.76. The number of pyridine rings is 2. The lowest BCUT2D eigenvalue weighted by molar-refractivity contribution is 0.0908. The highest BCUT2D eigenvalue weighted by Gasteiger charge is 2.17. The summed E-state index contributed by atoms with van der Waals surface area (Å²) in [5.41, 5.74) is 5.27. The molecule has 0 saturated carbocycles. The second kappa shape index (κ2) is 6.99. The van der Waals surface area contributed by atoms with Crippen molar-refractivity contribution < 1.29 is 4.79 Å². The molecular formula is C20H20N4O. The number of fused-ring (bicyclic) bond motifs is 1. The van der Waals surface area contributed by atoms with Gasteiger partial charge in [-0.1, -0.05) is 6.08 Å². The predicted octanol–water partition coefficient (Wildman–Crippen LogP) is 3.08. The molecular weight excluding hydrogens is 312 g/mol. The summed E-state index contributed by atoms with van der Waals surface area (Å²) in [6.07, 6.45) is 11.6. The van der Waals surface area contributed by atoms with E-state index in [1.165, 1.54) is 5.57 Å². The monoisotopic (exact) mass is 332 g/mol. The van der Waals surface area contributed by atoms with Gasteiger partial charge in [0, 0.05) is 43.3 Å². The van der Waals surface area contributed by atoms with Crippen LogP contribution in [0.5, 0.6) is 0 Å². The fraction of sp³-hybridized carbons (Fsp3) is 0.250. The molecule has 5 heteroatoms. The minimum absolute atomic E-state index is 0.0931. The number of rotatable bonds is 4. The van der Waals surface area contributed by atoms with E-state index in [4.69, 9.17) is 0 Å². The van der Waals surface area contributed by atoms with Gasteiger partial charge in [-0.25, -0.2) is 0 Å². The SMILES string of the molecule is O=C(CCc1ccncc1)n1cc(C2=CCNCC2)c2ncccc21. The number of carbonyl (C=O) groups excluding carboxylic acids is 1. The van der Waals surface area contributed by atoms with Crippen LogP contribution in [0.2, 0.25) is 0 Å². The molecule has 0 saturated heterocycles. The number of aromatic nitrogens is 3. The number of hydrogen-bond donors (Lipinski definition) is 1. The Morgan fingerprint density at radius 1 is 1.20 bits per heavy atom. The Morgan fingerprint density at radius 2 is 2.08 bits per heavy atom. The third-order valence-electron chi connectivity index (χ3n) is 4.61. The topological polar surface area (TPSA) is 59.8 Å². The Labute approximate surface area is 146 Å². The average molecular weight is 332 g/mol. The molecule has 0 aromatic carbocycles. The first-order chi connectivity index (χ1) is 12.3. The maximum absolute atomic E-state index is 12.8. The molecule has 25 heavy (non-hydrogen) atoms. The maximum atomic E-state index is 12.8. The lowest BCUT2D eigenvalue weighted by Crippen LogP contribution is -2.20. The Balaban J connectivity index is 1.65. The first kappa shape index (κ1) is 15.7. The van der Waals surface area contributed by atoms with E-state index in [1.807, 2.05) is 30.5 Å². The molecule has 0 unspecified atom stereocenters. The quantitative estimate of drug-likeness (QED) is 0.797. The van der Waals surface area contributed by atoms with E-state index in [0.717, 1.165) is 41.7 Å². The van der Waals surface area contributed by atoms with Crippen LogP contribution in [0, 0.1) is 0 Å². The van der Waals surface area contributed by atoms with Crippen LogP contribution in [0.3, 0.4) is 0 Å². The maximum Gasteiger partial charge on any atom is 0.231 e. The fourth-order valence-electron chi connectivity index (χ4n) is 3.29. The zero-order chi connectivity index (χ0) is 17.1.